The number of aryl methyl sites for hydroxylation is 1. The predicted octanol–water partition coefficient (Wildman–Crippen LogP) is 5.48. The van der Waals surface area contributed by atoms with Crippen molar-refractivity contribution >= 4 is 29.2 Å². The van der Waals surface area contributed by atoms with Crippen LogP contribution in [-0.4, -0.2) is 22.9 Å². The van der Waals surface area contributed by atoms with E-state index < -0.39 is 17.4 Å². The van der Waals surface area contributed by atoms with Gasteiger partial charge in [0.25, 0.3) is 0 Å². The van der Waals surface area contributed by atoms with Gasteiger partial charge in [-0.25, -0.2) is 4.79 Å². The molecule has 0 radical (unpaired) electrons. The molecule has 7 heteroatoms. The van der Waals surface area contributed by atoms with Gasteiger partial charge in [0.2, 0.25) is 0 Å². The fourth-order valence-electron chi connectivity index (χ4n) is 4.32. The van der Waals surface area contributed by atoms with Crippen molar-refractivity contribution < 1.29 is 19.5 Å². The van der Waals surface area contributed by atoms with Crippen molar-refractivity contribution in [3.8, 4) is 17.2 Å². The minimum absolute atomic E-state index is 0.160. The van der Waals surface area contributed by atoms with E-state index >= 15 is 0 Å². The summed E-state index contributed by atoms with van der Waals surface area (Å²) in [7, 11) is 0. The highest BCUT2D eigenvalue weighted by Gasteiger charge is 2.40. The van der Waals surface area contributed by atoms with Crippen LogP contribution < -0.4 is 10.6 Å². The Kier molecular flexibility index (Phi) is 6.15. The van der Waals surface area contributed by atoms with Gasteiger partial charge in [-0.2, -0.15) is 5.26 Å². The third kappa shape index (κ3) is 4.66. The zero-order chi connectivity index (χ0) is 24.3. The first-order valence-electron chi connectivity index (χ1n) is 10.9. The Morgan fingerprint density at radius 2 is 1.71 bits per heavy atom. The van der Waals surface area contributed by atoms with E-state index in [2.05, 4.69) is 16.7 Å². The number of nitrogens with one attached hydrogen (secondary N) is 2. The van der Waals surface area contributed by atoms with Gasteiger partial charge < -0.3 is 15.7 Å². The van der Waals surface area contributed by atoms with Gasteiger partial charge in [0, 0.05) is 22.4 Å². The lowest BCUT2D eigenvalue weighted by Gasteiger charge is -2.32. The Morgan fingerprint density at radius 3 is 2.41 bits per heavy atom. The molecule has 0 heterocycles. The monoisotopic (exact) mass is 453 g/mol. The van der Waals surface area contributed by atoms with Crippen LogP contribution in [0.25, 0.3) is 11.1 Å². The summed E-state index contributed by atoms with van der Waals surface area (Å²) >= 11 is 0. The molecule has 4 rings (SSSR count). The molecule has 1 aliphatic carbocycles. The number of amides is 2. The van der Waals surface area contributed by atoms with Gasteiger partial charge in [-0.1, -0.05) is 49.4 Å². The molecule has 34 heavy (non-hydrogen) atoms. The number of para-hydroxylation sites is 1. The number of carbonyl (C=O) groups is 3. The van der Waals surface area contributed by atoms with Crippen molar-refractivity contribution in [2.75, 3.05) is 10.6 Å². The number of anilines is 2. The second kappa shape index (κ2) is 9.20. The Bertz CT molecular complexity index is 1330. The van der Waals surface area contributed by atoms with Crippen molar-refractivity contribution in [2.45, 2.75) is 26.2 Å². The maximum atomic E-state index is 13.0. The van der Waals surface area contributed by atoms with Gasteiger partial charge >= 0.3 is 12.0 Å². The highest BCUT2D eigenvalue weighted by Crippen LogP contribution is 2.39. The molecular formula is C27H23N3O4. The summed E-state index contributed by atoms with van der Waals surface area (Å²) in [6.45, 7) is 1.70. The molecule has 2 amide bonds. The topological polar surface area (TPSA) is 119 Å². The van der Waals surface area contributed by atoms with Gasteiger partial charge in [0.05, 0.1) is 18.1 Å². The third-order valence-electron chi connectivity index (χ3n) is 6.13. The maximum absolute atomic E-state index is 13.0. The molecule has 7 nitrogen and oxygen atoms in total. The number of hydrogen-bond acceptors (Lipinski definition) is 4. The van der Waals surface area contributed by atoms with Crippen LogP contribution in [0.5, 0.6) is 0 Å². The van der Waals surface area contributed by atoms with Crippen LogP contribution in [0.2, 0.25) is 0 Å². The predicted molar refractivity (Wildman–Crippen MR) is 129 cm³/mol. The van der Waals surface area contributed by atoms with Crippen LogP contribution in [0.1, 0.15) is 41.3 Å². The van der Waals surface area contributed by atoms with E-state index in [-0.39, 0.29) is 12.2 Å². The second-order valence-corrected chi connectivity index (χ2v) is 8.65. The van der Waals surface area contributed by atoms with Crippen LogP contribution >= 0.6 is 0 Å². The zero-order valence-electron chi connectivity index (χ0n) is 18.6. The number of aliphatic carboxylic acids is 1. The highest BCUT2D eigenvalue weighted by molar-refractivity contribution is 6.04. The van der Waals surface area contributed by atoms with Gasteiger partial charge in [-0.05, 0) is 53.8 Å². The number of nitriles is 1. The standard InChI is InChI=1S/C27H23N3O4/c1-27(15-24(31)32)12-11-18-13-17(7-9-23(18)25(27)33)22-10-8-21(14-19(22)16-28)30-26(34)29-20-5-3-2-4-6-20/h2-10,13-14H,11-12,15H2,1H3,(H,31,32)(H2,29,30,34). The summed E-state index contributed by atoms with van der Waals surface area (Å²) in [4.78, 5) is 36.4. The summed E-state index contributed by atoms with van der Waals surface area (Å²) in [5.74, 6) is -1.15. The quantitative estimate of drug-likeness (QED) is 0.473. The van der Waals surface area contributed by atoms with Crippen molar-refractivity contribution in [3.05, 3.63) is 83.4 Å². The van der Waals surface area contributed by atoms with E-state index in [0.717, 1.165) is 11.1 Å². The first-order chi connectivity index (χ1) is 16.3. The van der Waals surface area contributed by atoms with Crippen LogP contribution in [0.3, 0.4) is 0 Å². The number of nitrogens with zero attached hydrogens (tertiary/aromatic N) is 1. The van der Waals surface area contributed by atoms with E-state index in [1.807, 2.05) is 24.3 Å². The Labute approximate surface area is 197 Å². The van der Waals surface area contributed by atoms with Crippen LogP contribution in [0.4, 0.5) is 16.2 Å². The average molecular weight is 453 g/mol. The smallest absolute Gasteiger partial charge is 0.323 e. The van der Waals surface area contributed by atoms with E-state index in [9.17, 15) is 24.8 Å². The largest absolute Gasteiger partial charge is 0.481 e. The lowest BCUT2D eigenvalue weighted by atomic mass is 9.69. The van der Waals surface area contributed by atoms with Crippen molar-refractivity contribution in [1.29, 1.82) is 5.26 Å². The molecule has 0 saturated heterocycles. The second-order valence-electron chi connectivity index (χ2n) is 8.65. The molecule has 3 aromatic rings. The molecule has 0 bridgehead atoms. The summed E-state index contributed by atoms with van der Waals surface area (Å²) in [5.41, 5.74) is 3.45. The fraction of sp³-hybridized carbons (Fsp3) is 0.185. The molecule has 0 saturated carbocycles. The number of hydrogen-bond donors (Lipinski definition) is 3. The molecule has 3 aromatic carbocycles. The average Bonchev–Trinajstić information content (AvgIpc) is 2.81. The molecular weight excluding hydrogens is 430 g/mol. The number of rotatable bonds is 5. The number of benzene rings is 3. The number of urea groups is 1. The zero-order valence-corrected chi connectivity index (χ0v) is 18.6. The number of carboxylic acids is 1. The summed E-state index contributed by atoms with van der Waals surface area (Å²) in [6.07, 6.45) is 0.844. The van der Waals surface area contributed by atoms with Gasteiger partial charge in [0.15, 0.2) is 5.78 Å². The SMILES string of the molecule is CC1(CC(=O)O)CCc2cc(-c3ccc(NC(=O)Nc4ccccc4)cc3C#N)ccc2C1=O. The number of Topliss-reactive ketones (excluding diaryl/α,β-unsaturated/α-hetero) is 1. The van der Waals surface area contributed by atoms with Crippen LogP contribution in [0.15, 0.2) is 66.7 Å². The van der Waals surface area contributed by atoms with E-state index in [1.165, 1.54) is 0 Å². The van der Waals surface area contributed by atoms with E-state index in [1.54, 1.807) is 49.4 Å². The molecule has 1 unspecified atom stereocenters. The number of carboxylic acid groups (broad SMARTS) is 1. The van der Waals surface area contributed by atoms with Gasteiger partial charge in [0.1, 0.15) is 0 Å². The Hall–Kier alpha value is -4.44. The summed E-state index contributed by atoms with van der Waals surface area (Å²) in [5, 5.41) is 24.4. The van der Waals surface area contributed by atoms with E-state index in [0.29, 0.717) is 40.9 Å². The summed E-state index contributed by atoms with van der Waals surface area (Å²) < 4.78 is 0. The first kappa shape index (κ1) is 22.7. The molecule has 0 aromatic heterocycles. The Morgan fingerprint density at radius 1 is 1.00 bits per heavy atom. The maximum Gasteiger partial charge on any atom is 0.323 e. The lowest BCUT2D eigenvalue weighted by molar-refractivity contribution is -0.139. The van der Waals surface area contributed by atoms with E-state index in [4.69, 9.17) is 0 Å². The van der Waals surface area contributed by atoms with Crippen molar-refractivity contribution in [2.24, 2.45) is 5.41 Å². The number of carbonyl (C=O) groups excluding carboxylic acids is 2. The fourth-order valence-corrected chi connectivity index (χ4v) is 4.32. The molecule has 0 fully saturated rings. The van der Waals surface area contributed by atoms with Gasteiger partial charge in [-0.15, -0.1) is 0 Å². The molecule has 3 N–H and O–H groups in total. The minimum Gasteiger partial charge on any atom is -0.481 e. The minimum atomic E-state index is -0.985. The normalized spacial score (nSPS) is 16.8. The highest BCUT2D eigenvalue weighted by atomic mass is 16.4. The van der Waals surface area contributed by atoms with Crippen LogP contribution in [0, 0.1) is 16.7 Å². The first-order valence-corrected chi connectivity index (χ1v) is 10.9. The van der Waals surface area contributed by atoms with Gasteiger partial charge in [-0.3, -0.25) is 9.59 Å². The number of fused-ring (bicyclic) bond motifs is 1. The van der Waals surface area contributed by atoms with Crippen molar-refractivity contribution in [3.63, 3.8) is 0 Å². The van der Waals surface area contributed by atoms with Crippen LogP contribution in [-0.2, 0) is 11.2 Å². The Balaban J connectivity index is 1.56. The molecule has 170 valence electrons. The summed E-state index contributed by atoms with van der Waals surface area (Å²) in [6, 6.07) is 21.3. The molecule has 0 spiro atoms. The third-order valence-corrected chi connectivity index (χ3v) is 6.13. The molecule has 1 atom stereocenters. The molecule has 0 aliphatic heterocycles. The number of ketones is 1. The van der Waals surface area contributed by atoms with Crippen molar-refractivity contribution in [1.82, 2.24) is 0 Å². The molecule has 1 aliphatic rings. The lowest BCUT2D eigenvalue weighted by Crippen LogP contribution is -2.35.